The molecule has 9 heteroatoms. The van der Waals surface area contributed by atoms with Gasteiger partial charge in [-0.2, -0.15) is 0 Å². The molecule has 0 N–H and O–H groups in total. The molecule has 0 bridgehead atoms. The Hall–Kier alpha value is -2.91. The number of amides is 1. The number of nitrogens with zero attached hydrogens (tertiary/aromatic N) is 3. The van der Waals surface area contributed by atoms with Gasteiger partial charge < -0.3 is 4.42 Å². The lowest BCUT2D eigenvalue weighted by Crippen LogP contribution is -2.29. The molecule has 1 atom stereocenters. The summed E-state index contributed by atoms with van der Waals surface area (Å²) in [5.74, 6) is -0.695. The molecule has 3 heterocycles. The Kier molecular flexibility index (Phi) is 5.17. The summed E-state index contributed by atoms with van der Waals surface area (Å²) in [6.07, 6.45) is 0.731. The summed E-state index contributed by atoms with van der Waals surface area (Å²) in [5.41, 5.74) is 0.603. The van der Waals surface area contributed by atoms with Crippen LogP contribution in [0.4, 0.5) is 9.52 Å². The maximum atomic E-state index is 13.9. The van der Waals surface area contributed by atoms with Gasteiger partial charge in [0.2, 0.25) is 10.9 Å². The van der Waals surface area contributed by atoms with Crippen molar-refractivity contribution in [3.63, 3.8) is 0 Å². The van der Waals surface area contributed by atoms with Crippen molar-refractivity contribution in [1.82, 2.24) is 10.2 Å². The molecule has 0 saturated carbocycles. The van der Waals surface area contributed by atoms with Crippen LogP contribution in [0.1, 0.15) is 46.6 Å². The van der Waals surface area contributed by atoms with E-state index in [9.17, 15) is 14.0 Å². The lowest BCUT2D eigenvalue weighted by molar-refractivity contribution is 0.0970. The van der Waals surface area contributed by atoms with Crippen molar-refractivity contribution in [3.05, 3.63) is 84.9 Å². The second-order valence-corrected chi connectivity index (χ2v) is 9.98. The van der Waals surface area contributed by atoms with Crippen molar-refractivity contribution in [1.29, 1.82) is 0 Å². The SMILES string of the molecule is CC(C)Cc1nnc(N2C(=O)c3oc4ccc(F)cc4c(=O)c3C2c2cccc(Br)c2)s1. The number of halogens is 2. The largest absolute Gasteiger partial charge is 0.450 e. The maximum absolute atomic E-state index is 13.9. The average Bonchev–Trinajstić information content (AvgIpc) is 3.30. The monoisotopic (exact) mass is 513 g/mol. The fourth-order valence-corrected chi connectivity index (χ4v) is 5.40. The molecular formula is C23H17BrFN3O3S. The van der Waals surface area contributed by atoms with Crippen LogP contribution in [0, 0.1) is 11.7 Å². The molecule has 1 aliphatic rings. The van der Waals surface area contributed by atoms with Crippen LogP contribution in [0.3, 0.4) is 0 Å². The zero-order valence-corrected chi connectivity index (χ0v) is 19.5. The first kappa shape index (κ1) is 21.0. The Morgan fingerprint density at radius 1 is 1.19 bits per heavy atom. The topological polar surface area (TPSA) is 76.3 Å². The Bertz CT molecular complexity index is 1430. The summed E-state index contributed by atoms with van der Waals surface area (Å²) >= 11 is 4.78. The van der Waals surface area contributed by atoms with E-state index in [-0.39, 0.29) is 22.3 Å². The molecular weight excluding hydrogens is 497 g/mol. The van der Waals surface area contributed by atoms with E-state index in [2.05, 4.69) is 40.0 Å². The van der Waals surface area contributed by atoms with E-state index in [1.54, 1.807) is 0 Å². The van der Waals surface area contributed by atoms with Crippen molar-refractivity contribution in [2.75, 3.05) is 4.90 Å². The van der Waals surface area contributed by atoms with Crippen LogP contribution in [-0.4, -0.2) is 16.1 Å². The van der Waals surface area contributed by atoms with Crippen LogP contribution in [0.2, 0.25) is 0 Å². The fraction of sp³-hybridized carbons (Fsp3) is 0.217. The van der Waals surface area contributed by atoms with E-state index in [1.807, 2.05) is 24.3 Å². The molecule has 5 rings (SSSR count). The summed E-state index contributed by atoms with van der Waals surface area (Å²) in [6, 6.07) is 10.3. The van der Waals surface area contributed by atoms with Crippen LogP contribution >= 0.6 is 27.3 Å². The molecule has 0 radical (unpaired) electrons. The Labute approximate surface area is 194 Å². The second kappa shape index (κ2) is 7.90. The van der Waals surface area contributed by atoms with Gasteiger partial charge in [-0.3, -0.25) is 14.5 Å². The van der Waals surface area contributed by atoms with Gasteiger partial charge in [0, 0.05) is 10.9 Å². The standard InChI is InChI=1S/C23H17BrFN3O3S/c1-11(2)8-17-26-27-23(32-17)28-19(12-4-3-5-13(24)9-12)18-20(29)15-10-14(25)6-7-16(15)31-21(18)22(28)30/h3-7,9-11,19H,8H2,1-2H3. The molecule has 1 aliphatic heterocycles. The van der Waals surface area contributed by atoms with Crippen LogP contribution in [0.25, 0.3) is 11.0 Å². The molecule has 2 aromatic carbocycles. The maximum Gasteiger partial charge on any atom is 0.297 e. The Morgan fingerprint density at radius 2 is 2.00 bits per heavy atom. The summed E-state index contributed by atoms with van der Waals surface area (Å²) in [6.45, 7) is 4.16. The quantitative estimate of drug-likeness (QED) is 0.360. The van der Waals surface area contributed by atoms with E-state index in [1.165, 1.54) is 28.4 Å². The predicted octanol–water partition coefficient (Wildman–Crippen LogP) is 5.49. The van der Waals surface area contributed by atoms with Gasteiger partial charge in [-0.15, -0.1) is 10.2 Å². The lowest BCUT2D eigenvalue weighted by atomic mass is 9.99. The second-order valence-electron chi connectivity index (χ2n) is 8.02. The fourth-order valence-electron chi connectivity index (χ4n) is 3.91. The first-order valence-corrected chi connectivity index (χ1v) is 11.6. The number of hydrogen-bond acceptors (Lipinski definition) is 6. The predicted molar refractivity (Wildman–Crippen MR) is 124 cm³/mol. The van der Waals surface area contributed by atoms with Gasteiger partial charge in [-0.05, 0) is 41.8 Å². The lowest BCUT2D eigenvalue weighted by Gasteiger charge is -2.22. The van der Waals surface area contributed by atoms with Gasteiger partial charge in [-0.1, -0.05) is 53.2 Å². The molecule has 1 amide bonds. The zero-order valence-electron chi connectivity index (χ0n) is 17.1. The van der Waals surface area contributed by atoms with Gasteiger partial charge in [-0.25, -0.2) is 4.39 Å². The Balaban J connectivity index is 1.75. The highest BCUT2D eigenvalue weighted by Crippen LogP contribution is 2.42. The third-order valence-corrected chi connectivity index (χ3v) is 6.68. The van der Waals surface area contributed by atoms with Gasteiger partial charge in [0.25, 0.3) is 5.91 Å². The average molecular weight is 514 g/mol. The number of carbonyl (C=O) groups excluding carboxylic acids is 1. The molecule has 6 nitrogen and oxygen atoms in total. The molecule has 162 valence electrons. The molecule has 1 unspecified atom stereocenters. The van der Waals surface area contributed by atoms with E-state index < -0.39 is 23.2 Å². The normalized spacial score (nSPS) is 15.7. The van der Waals surface area contributed by atoms with E-state index in [0.29, 0.717) is 16.6 Å². The highest BCUT2D eigenvalue weighted by molar-refractivity contribution is 9.10. The van der Waals surface area contributed by atoms with Crippen LogP contribution in [0.15, 0.2) is 56.1 Å². The van der Waals surface area contributed by atoms with Crippen molar-refractivity contribution < 1.29 is 13.6 Å². The summed E-state index contributed by atoms with van der Waals surface area (Å²) < 4.78 is 20.5. The highest BCUT2D eigenvalue weighted by atomic mass is 79.9. The first-order chi connectivity index (χ1) is 15.3. The van der Waals surface area contributed by atoms with E-state index in [0.717, 1.165) is 22.0 Å². The smallest absolute Gasteiger partial charge is 0.297 e. The van der Waals surface area contributed by atoms with Crippen molar-refractivity contribution in [2.45, 2.75) is 26.3 Å². The number of anilines is 1. The van der Waals surface area contributed by atoms with Gasteiger partial charge in [0.05, 0.1) is 17.0 Å². The summed E-state index contributed by atoms with van der Waals surface area (Å²) in [4.78, 5) is 28.4. The summed E-state index contributed by atoms with van der Waals surface area (Å²) in [7, 11) is 0. The highest BCUT2D eigenvalue weighted by Gasteiger charge is 2.45. The molecule has 0 spiro atoms. The summed E-state index contributed by atoms with van der Waals surface area (Å²) in [5, 5.41) is 9.78. The number of hydrogen-bond donors (Lipinski definition) is 0. The van der Waals surface area contributed by atoms with Crippen LogP contribution < -0.4 is 10.3 Å². The molecule has 0 aliphatic carbocycles. The van der Waals surface area contributed by atoms with Gasteiger partial charge in [0.1, 0.15) is 16.4 Å². The van der Waals surface area contributed by atoms with Crippen molar-refractivity contribution in [2.24, 2.45) is 5.92 Å². The minimum atomic E-state index is -0.765. The molecule has 32 heavy (non-hydrogen) atoms. The Morgan fingerprint density at radius 3 is 2.75 bits per heavy atom. The van der Waals surface area contributed by atoms with Gasteiger partial charge in [0.15, 0.2) is 5.43 Å². The third-order valence-electron chi connectivity index (χ3n) is 5.24. The minimum Gasteiger partial charge on any atom is -0.450 e. The number of fused-ring (bicyclic) bond motifs is 2. The van der Waals surface area contributed by atoms with Crippen LogP contribution in [0.5, 0.6) is 0 Å². The first-order valence-electron chi connectivity index (χ1n) is 10.0. The third kappa shape index (κ3) is 3.45. The number of carbonyl (C=O) groups is 1. The number of aromatic nitrogens is 2. The van der Waals surface area contributed by atoms with E-state index in [4.69, 9.17) is 4.42 Å². The van der Waals surface area contributed by atoms with E-state index >= 15 is 0 Å². The van der Waals surface area contributed by atoms with Gasteiger partial charge >= 0.3 is 0 Å². The number of rotatable bonds is 4. The minimum absolute atomic E-state index is 0.0558. The van der Waals surface area contributed by atoms with Crippen LogP contribution in [-0.2, 0) is 6.42 Å². The number of benzene rings is 2. The molecule has 2 aromatic heterocycles. The zero-order chi connectivity index (χ0) is 22.6. The molecule has 0 saturated heterocycles. The molecule has 0 fully saturated rings. The van der Waals surface area contributed by atoms with Crippen molar-refractivity contribution in [3.8, 4) is 0 Å². The van der Waals surface area contributed by atoms with Crippen molar-refractivity contribution >= 4 is 49.3 Å². The molecule has 4 aromatic rings.